The molecule has 0 bridgehead atoms. The smallest absolute Gasteiger partial charge is 0.235 e. The molecule has 0 amide bonds. The van der Waals surface area contributed by atoms with Crippen molar-refractivity contribution in [3.63, 3.8) is 0 Å². The minimum absolute atomic E-state index is 0.225. The highest BCUT2D eigenvalue weighted by molar-refractivity contribution is 8.13. The van der Waals surface area contributed by atoms with Crippen molar-refractivity contribution in [1.29, 1.82) is 0 Å². The normalized spacial score (nSPS) is 13.4. The van der Waals surface area contributed by atoms with Crippen LogP contribution >= 0.6 is 10.7 Å². The fourth-order valence-electron chi connectivity index (χ4n) is 1.36. The van der Waals surface area contributed by atoms with Crippen LogP contribution in [0.5, 0.6) is 5.75 Å². The molecule has 1 atom stereocenters. The van der Waals surface area contributed by atoms with Crippen LogP contribution in [0.25, 0.3) is 0 Å². The van der Waals surface area contributed by atoms with E-state index in [1.165, 1.54) is 0 Å². The van der Waals surface area contributed by atoms with Crippen molar-refractivity contribution in [3.05, 3.63) is 29.8 Å². The van der Waals surface area contributed by atoms with E-state index in [4.69, 9.17) is 15.4 Å². The zero-order chi connectivity index (χ0) is 12.2. The molecule has 0 aliphatic carbocycles. The van der Waals surface area contributed by atoms with Crippen LogP contribution in [-0.2, 0) is 15.5 Å². The molecule has 1 aromatic rings. The van der Waals surface area contributed by atoms with Gasteiger partial charge in [0, 0.05) is 10.7 Å². The Bertz CT molecular complexity index is 444. The molecule has 0 fully saturated rings. The second-order valence-electron chi connectivity index (χ2n) is 3.41. The topological polar surface area (TPSA) is 63.6 Å². The maximum absolute atomic E-state index is 10.7. The first kappa shape index (κ1) is 13.3. The van der Waals surface area contributed by atoms with E-state index in [-0.39, 0.29) is 6.42 Å². The largest absolute Gasteiger partial charge is 0.497 e. The third kappa shape index (κ3) is 4.83. The molecule has 0 aliphatic heterocycles. The summed E-state index contributed by atoms with van der Waals surface area (Å²) in [5.74, 6) is 0.213. The van der Waals surface area contributed by atoms with E-state index in [2.05, 4.69) is 0 Å². The first-order valence-corrected chi connectivity index (χ1v) is 7.12. The van der Waals surface area contributed by atoms with Crippen LogP contribution in [0.3, 0.4) is 0 Å². The number of ether oxygens (including phenoxy) is 1. The zero-order valence-corrected chi connectivity index (χ0v) is 10.3. The molecular weight excluding hydrogens is 252 g/mol. The Hall–Kier alpha value is -0.780. The molecule has 0 heterocycles. The van der Waals surface area contributed by atoms with Gasteiger partial charge in [0.05, 0.1) is 19.0 Å². The van der Waals surface area contributed by atoms with Crippen LogP contribution in [0.2, 0.25) is 0 Å². The third-order valence-corrected chi connectivity index (χ3v) is 3.16. The van der Waals surface area contributed by atoms with Gasteiger partial charge in [-0.05, 0) is 24.1 Å². The van der Waals surface area contributed by atoms with Gasteiger partial charge in [-0.15, -0.1) is 0 Å². The number of methoxy groups -OCH3 is 1. The van der Waals surface area contributed by atoms with Crippen molar-refractivity contribution in [2.45, 2.75) is 12.5 Å². The van der Waals surface area contributed by atoms with Gasteiger partial charge in [0.2, 0.25) is 9.05 Å². The number of halogens is 1. The lowest BCUT2D eigenvalue weighted by Crippen LogP contribution is -2.19. The Kier molecular flexibility index (Phi) is 4.58. The average molecular weight is 265 g/mol. The zero-order valence-electron chi connectivity index (χ0n) is 8.76. The van der Waals surface area contributed by atoms with Crippen LogP contribution in [0.4, 0.5) is 0 Å². The van der Waals surface area contributed by atoms with E-state index in [0.29, 0.717) is 5.75 Å². The maximum atomic E-state index is 10.7. The third-order valence-electron chi connectivity index (χ3n) is 2.00. The van der Waals surface area contributed by atoms with Gasteiger partial charge in [-0.3, -0.25) is 0 Å². The molecule has 6 heteroatoms. The number of hydrogen-bond acceptors (Lipinski definition) is 4. The molecular formula is C10H13ClO4S. The SMILES string of the molecule is COc1cccc(CC(O)CS(=O)(=O)Cl)c1. The molecule has 90 valence electrons. The lowest BCUT2D eigenvalue weighted by molar-refractivity contribution is 0.198. The molecule has 4 nitrogen and oxygen atoms in total. The van der Waals surface area contributed by atoms with Gasteiger partial charge in [-0.2, -0.15) is 0 Å². The molecule has 0 aromatic heterocycles. The van der Waals surface area contributed by atoms with E-state index in [1.807, 2.05) is 0 Å². The Morgan fingerprint density at radius 2 is 2.19 bits per heavy atom. The Morgan fingerprint density at radius 1 is 1.50 bits per heavy atom. The van der Waals surface area contributed by atoms with Crippen molar-refractivity contribution < 1.29 is 18.3 Å². The monoisotopic (exact) mass is 264 g/mol. The first-order valence-electron chi connectivity index (χ1n) is 4.64. The van der Waals surface area contributed by atoms with Crippen LogP contribution in [-0.4, -0.2) is 32.5 Å². The number of aliphatic hydroxyl groups excluding tert-OH is 1. The fraction of sp³-hybridized carbons (Fsp3) is 0.400. The lowest BCUT2D eigenvalue weighted by atomic mass is 10.1. The summed E-state index contributed by atoms with van der Waals surface area (Å²) < 4.78 is 26.5. The lowest BCUT2D eigenvalue weighted by Gasteiger charge is -2.09. The van der Waals surface area contributed by atoms with Gasteiger partial charge in [0.1, 0.15) is 5.75 Å². The summed E-state index contributed by atoms with van der Waals surface area (Å²) in [4.78, 5) is 0. The van der Waals surface area contributed by atoms with Crippen LogP contribution < -0.4 is 4.74 Å². The van der Waals surface area contributed by atoms with Crippen molar-refractivity contribution in [1.82, 2.24) is 0 Å². The molecule has 0 saturated carbocycles. The average Bonchev–Trinajstić information content (AvgIpc) is 2.15. The van der Waals surface area contributed by atoms with Crippen molar-refractivity contribution in [3.8, 4) is 5.75 Å². The minimum atomic E-state index is -3.67. The molecule has 0 saturated heterocycles. The first-order chi connectivity index (χ1) is 7.40. The van der Waals surface area contributed by atoms with E-state index >= 15 is 0 Å². The molecule has 1 N–H and O–H groups in total. The molecule has 1 unspecified atom stereocenters. The molecule has 0 aliphatic rings. The predicted molar refractivity (Wildman–Crippen MR) is 62.3 cm³/mol. The van der Waals surface area contributed by atoms with Crippen LogP contribution in [0.15, 0.2) is 24.3 Å². The van der Waals surface area contributed by atoms with Crippen LogP contribution in [0, 0.1) is 0 Å². The van der Waals surface area contributed by atoms with E-state index in [9.17, 15) is 13.5 Å². The quantitative estimate of drug-likeness (QED) is 0.811. The highest BCUT2D eigenvalue weighted by Gasteiger charge is 2.14. The maximum Gasteiger partial charge on any atom is 0.235 e. The second-order valence-corrected chi connectivity index (χ2v) is 6.24. The van der Waals surface area contributed by atoms with Gasteiger partial charge in [-0.25, -0.2) is 8.42 Å². The standard InChI is InChI=1S/C10H13ClO4S/c1-15-10-4-2-3-8(6-10)5-9(12)7-16(11,13)14/h2-4,6,9,12H,5,7H2,1H3. The fourth-order valence-corrected chi connectivity index (χ4v) is 2.37. The highest BCUT2D eigenvalue weighted by Crippen LogP contribution is 2.14. The number of benzene rings is 1. The Labute approximate surface area is 99.2 Å². The summed E-state index contributed by atoms with van der Waals surface area (Å²) in [6, 6.07) is 7.07. The Balaban J connectivity index is 2.65. The molecule has 1 rings (SSSR count). The summed E-state index contributed by atoms with van der Waals surface area (Å²) in [5.41, 5.74) is 0.798. The van der Waals surface area contributed by atoms with Gasteiger partial charge in [0.15, 0.2) is 0 Å². The number of rotatable bonds is 5. The van der Waals surface area contributed by atoms with Gasteiger partial charge >= 0.3 is 0 Å². The van der Waals surface area contributed by atoms with E-state index < -0.39 is 20.9 Å². The van der Waals surface area contributed by atoms with Crippen molar-refractivity contribution >= 4 is 19.7 Å². The van der Waals surface area contributed by atoms with Gasteiger partial charge < -0.3 is 9.84 Å². The summed E-state index contributed by atoms with van der Waals surface area (Å²) in [5, 5.41) is 9.50. The number of aliphatic hydroxyl groups is 1. The van der Waals surface area contributed by atoms with Gasteiger partial charge in [-0.1, -0.05) is 12.1 Å². The Morgan fingerprint density at radius 3 is 2.75 bits per heavy atom. The second kappa shape index (κ2) is 5.52. The molecule has 16 heavy (non-hydrogen) atoms. The predicted octanol–water partition coefficient (Wildman–Crippen LogP) is 1.17. The van der Waals surface area contributed by atoms with Gasteiger partial charge in [0.25, 0.3) is 0 Å². The van der Waals surface area contributed by atoms with E-state index in [0.717, 1.165) is 5.56 Å². The minimum Gasteiger partial charge on any atom is -0.497 e. The highest BCUT2D eigenvalue weighted by atomic mass is 35.7. The number of hydrogen-bond donors (Lipinski definition) is 1. The molecule has 0 spiro atoms. The summed E-state index contributed by atoms with van der Waals surface area (Å²) in [7, 11) is 2.91. The summed E-state index contributed by atoms with van der Waals surface area (Å²) in [6.07, 6.45) is -0.780. The summed E-state index contributed by atoms with van der Waals surface area (Å²) >= 11 is 0. The van der Waals surface area contributed by atoms with E-state index in [1.54, 1.807) is 31.4 Å². The van der Waals surface area contributed by atoms with Crippen molar-refractivity contribution in [2.75, 3.05) is 12.9 Å². The molecule has 0 radical (unpaired) electrons. The van der Waals surface area contributed by atoms with Crippen LogP contribution in [0.1, 0.15) is 5.56 Å². The van der Waals surface area contributed by atoms with Crippen molar-refractivity contribution in [2.24, 2.45) is 0 Å². The molecule has 1 aromatic carbocycles. The summed E-state index contributed by atoms with van der Waals surface area (Å²) in [6.45, 7) is 0.